The first-order valence-corrected chi connectivity index (χ1v) is 7.20. The van der Waals surface area contributed by atoms with Crippen LogP contribution in [0, 0.1) is 0 Å². The van der Waals surface area contributed by atoms with Crippen molar-refractivity contribution in [2.45, 2.75) is 12.5 Å². The fourth-order valence-corrected chi connectivity index (χ4v) is 2.30. The molecule has 0 aromatic heterocycles. The van der Waals surface area contributed by atoms with E-state index in [0.717, 1.165) is 10.0 Å². The zero-order valence-electron chi connectivity index (χ0n) is 10.9. The first-order chi connectivity index (χ1) is 9.65. The molecule has 0 aliphatic carbocycles. The Morgan fingerprint density at radius 3 is 2.60 bits per heavy atom. The lowest BCUT2D eigenvalue weighted by Gasteiger charge is -2.12. The van der Waals surface area contributed by atoms with Crippen LogP contribution in [-0.4, -0.2) is 23.7 Å². The summed E-state index contributed by atoms with van der Waals surface area (Å²) in [6.45, 7) is 0.236. The van der Waals surface area contributed by atoms with Gasteiger partial charge in [0, 0.05) is 23.0 Å². The number of amides is 1. The van der Waals surface area contributed by atoms with Crippen LogP contribution in [0.15, 0.2) is 59.1 Å². The number of hydrogen-bond acceptors (Lipinski definition) is 2. The minimum absolute atomic E-state index is 0.182. The number of rotatable bonds is 5. The molecule has 0 aliphatic heterocycles. The van der Waals surface area contributed by atoms with Crippen LogP contribution in [0.3, 0.4) is 0 Å². The molecule has 0 spiro atoms. The van der Waals surface area contributed by atoms with Gasteiger partial charge in [0.05, 0.1) is 6.10 Å². The Kier molecular flexibility index (Phi) is 5.32. The monoisotopic (exact) mass is 333 g/mol. The van der Waals surface area contributed by atoms with Crippen molar-refractivity contribution in [2.24, 2.45) is 0 Å². The quantitative estimate of drug-likeness (QED) is 0.883. The van der Waals surface area contributed by atoms with E-state index in [9.17, 15) is 9.90 Å². The number of hydrogen-bond donors (Lipinski definition) is 2. The fraction of sp³-hybridized carbons (Fsp3) is 0.188. The van der Waals surface area contributed by atoms with Crippen LogP contribution < -0.4 is 5.32 Å². The Bertz CT molecular complexity index is 572. The molecule has 2 aromatic carbocycles. The predicted octanol–water partition coefficient (Wildman–Crippen LogP) is 2.78. The maximum absolute atomic E-state index is 11.9. The minimum Gasteiger partial charge on any atom is -0.391 e. The van der Waals surface area contributed by atoms with Gasteiger partial charge in [0.1, 0.15) is 0 Å². The second-order valence-electron chi connectivity index (χ2n) is 4.56. The number of halogens is 1. The van der Waals surface area contributed by atoms with E-state index in [1.165, 1.54) is 0 Å². The van der Waals surface area contributed by atoms with Crippen LogP contribution in [-0.2, 0) is 6.42 Å². The largest absolute Gasteiger partial charge is 0.391 e. The Hall–Kier alpha value is -1.65. The van der Waals surface area contributed by atoms with Crippen molar-refractivity contribution in [1.29, 1.82) is 0 Å². The lowest BCUT2D eigenvalue weighted by molar-refractivity contribution is 0.0916. The summed E-state index contributed by atoms with van der Waals surface area (Å²) in [5.41, 5.74) is 1.63. The number of benzene rings is 2. The molecule has 104 valence electrons. The number of nitrogens with one attached hydrogen (secondary N) is 1. The van der Waals surface area contributed by atoms with Crippen molar-refractivity contribution in [3.8, 4) is 0 Å². The summed E-state index contributed by atoms with van der Waals surface area (Å²) in [6.07, 6.45) is -0.0620. The highest BCUT2D eigenvalue weighted by molar-refractivity contribution is 9.10. The maximum Gasteiger partial charge on any atom is 0.251 e. The predicted molar refractivity (Wildman–Crippen MR) is 82.6 cm³/mol. The van der Waals surface area contributed by atoms with Gasteiger partial charge in [-0.3, -0.25) is 4.79 Å². The van der Waals surface area contributed by atoms with Gasteiger partial charge < -0.3 is 10.4 Å². The summed E-state index contributed by atoms with van der Waals surface area (Å²) in [5, 5.41) is 12.7. The first kappa shape index (κ1) is 14.8. The highest BCUT2D eigenvalue weighted by Crippen LogP contribution is 2.11. The van der Waals surface area contributed by atoms with Gasteiger partial charge in [0.25, 0.3) is 5.91 Å². The Balaban J connectivity index is 1.84. The Labute approximate surface area is 126 Å². The summed E-state index contributed by atoms with van der Waals surface area (Å²) < 4.78 is 0.856. The van der Waals surface area contributed by atoms with Gasteiger partial charge in [-0.05, 0) is 23.8 Å². The van der Waals surface area contributed by atoms with Crippen molar-refractivity contribution >= 4 is 21.8 Å². The number of aliphatic hydroxyl groups is 1. The molecule has 2 rings (SSSR count). The van der Waals surface area contributed by atoms with Crippen LogP contribution in [0.25, 0.3) is 0 Å². The molecule has 1 unspecified atom stereocenters. The minimum atomic E-state index is -0.589. The van der Waals surface area contributed by atoms with Crippen LogP contribution in [0.1, 0.15) is 15.9 Å². The molecule has 0 bridgehead atoms. The third-order valence-corrected chi connectivity index (χ3v) is 3.39. The van der Waals surface area contributed by atoms with Crippen LogP contribution >= 0.6 is 15.9 Å². The van der Waals surface area contributed by atoms with E-state index < -0.39 is 6.10 Å². The Morgan fingerprint density at radius 2 is 1.90 bits per heavy atom. The van der Waals surface area contributed by atoms with Gasteiger partial charge in [-0.15, -0.1) is 0 Å². The van der Waals surface area contributed by atoms with E-state index in [-0.39, 0.29) is 12.5 Å². The maximum atomic E-state index is 11.9. The molecular weight excluding hydrogens is 318 g/mol. The number of aliphatic hydroxyl groups excluding tert-OH is 1. The molecule has 3 nitrogen and oxygen atoms in total. The molecule has 0 aliphatic rings. The SMILES string of the molecule is O=C(NCC(O)Cc1ccccc1)c1cccc(Br)c1. The topological polar surface area (TPSA) is 49.3 Å². The summed E-state index contributed by atoms with van der Waals surface area (Å²) >= 11 is 3.33. The number of carbonyl (C=O) groups excluding carboxylic acids is 1. The standard InChI is InChI=1S/C16H16BrNO2/c17-14-8-4-7-13(10-14)16(20)18-11-15(19)9-12-5-2-1-3-6-12/h1-8,10,15,19H,9,11H2,(H,18,20). The molecular formula is C16H16BrNO2. The third-order valence-electron chi connectivity index (χ3n) is 2.90. The molecule has 1 atom stereocenters. The highest BCUT2D eigenvalue weighted by Gasteiger charge is 2.09. The summed E-state index contributed by atoms with van der Waals surface area (Å²) in [6, 6.07) is 16.9. The summed E-state index contributed by atoms with van der Waals surface area (Å²) in [7, 11) is 0. The van der Waals surface area contributed by atoms with Crippen molar-refractivity contribution in [1.82, 2.24) is 5.32 Å². The molecule has 1 amide bonds. The normalized spacial score (nSPS) is 11.9. The molecule has 4 heteroatoms. The van der Waals surface area contributed by atoms with E-state index in [1.54, 1.807) is 18.2 Å². The zero-order valence-corrected chi connectivity index (χ0v) is 12.5. The summed E-state index contributed by atoms with van der Waals surface area (Å²) in [5.74, 6) is -0.182. The molecule has 2 N–H and O–H groups in total. The van der Waals surface area contributed by atoms with Crippen molar-refractivity contribution < 1.29 is 9.90 Å². The molecule has 2 aromatic rings. The van der Waals surface area contributed by atoms with Crippen LogP contribution in [0.5, 0.6) is 0 Å². The van der Waals surface area contributed by atoms with Gasteiger partial charge in [0.2, 0.25) is 0 Å². The molecule has 0 radical (unpaired) electrons. The smallest absolute Gasteiger partial charge is 0.251 e. The fourth-order valence-electron chi connectivity index (χ4n) is 1.90. The van der Waals surface area contributed by atoms with Crippen molar-refractivity contribution in [2.75, 3.05) is 6.54 Å². The van der Waals surface area contributed by atoms with Crippen LogP contribution in [0.4, 0.5) is 0 Å². The Morgan fingerprint density at radius 1 is 1.15 bits per heavy atom. The second kappa shape index (κ2) is 7.22. The molecule has 0 fully saturated rings. The molecule has 0 heterocycles. The zero-order chi connectivity index (χ0) is 14.4. The molecule has 20 heavy (non-hydrogen) atoms. The summed E-state index contributed by atoms with van der Waals surface area (Å²) in [4.78, 5) is 11.9. The third kappa shape index (κ3) is 4.47. The van der Waals surface area contributed by atoms with Gasteiger partial charge >= 0.3 is 0 Å². The van der Waals surface area contributed by atoms with E-state index in [4.69, 9.17) is 0 Å². The van der Waals surface area contributed by atoms with E-state index in [0.29, 0.717) is 12.0 Å². The van der Waals surface area contributed by atoms with Crippen molar-refractivity contribution in [3.05, 3.63) is 70.2 Å². The van der Waals surface area contributed by atoms with Crippen LogP contribution in [0.2, 0.25) is 0 Å². The highest BCUT2D eigenvalue weighted by atomic mass is 79.9. The average molecular weight is 334 g/mol. The average Bonchev–Trinajstić information content (AvgIpc) is 2.46. The van der Waals surface area contributed by atoms with Gasteiger partial charge in [-0.1, -0.05) is 52.3 Å². The molecule has 0 saturated heterocycles. The molecule has 0 saturated carbocycles. The second-order valence-corrected chi connectivity index (χ2v) is 5.48. The van der Waals surface area contributed by atoms with E-state index in [1.807, 2.05) is 36.4 Å². The number of carbonyl (C=O) groups is 1. The lowest BCUT2D eigenvalue weighted by atomic mass is 10.1. The first-order valence-electron chi connectivity index (χ1n) is 6.41. The van der Waals surface area contributed by atoms with E-state index in [2.05, 4.69) is 21.2 Å². The van der Waals surface area contributed by atoms with Gasteiger partial charge in [0.15, 0.2) is 0 Å². The van der Waals surface area contributed by atoms with Gasteiger partial charge in [-0.2, -0.15) is 0 Å². The van der Waals surface area contributed by atoms with Crippen molar-refractivity contribution in [3.63, 3.8) is 0 Å². The van der Waals surface area contributed by atoms with Gasteiger partial charge in [-0.25, -0.2) is 0 Å². The van der Waals surface area contributed by atoms with E-state index >= 15 is 0 Å². The lowest BCUT2D eigenvalue weighted by Crippen LogP contribution is -2.33.